The van der Waals surface area contributed by atoms with Crippen LogP contribution in [0.1, 0.15) is 24.5 Å². The summed E-state index contributed by atoms with van der Waals surface area (Å²) < 4.78 is 0. The van der Waals surface area contributed by atoms with E-state index in [0.717, 1.165) is 12.8 Å². The highest BCUT2D eigenvalue weighted by Gasteiger charge is 2.33. The first-order valence-corrected chi connectivity index (χ1v) is 7.17. The molecule has 0 aliphatic heterocycles. The van der Waals surface area contributed by atoms with E-state index in [1.165, 1.54) is 16.0 Å². The summed E-state index contributed by atoms with van der Waals surface area (Å²) in [6.45, 7) is 2.99. The SMILES string of the molecule is CN(CCC(=O)O)C(=O)NCC1(C)Cc2ccccc2C1. The molecule has 0 atom stereocenters. The molecule has 0 saturated heterocycles. The zero-order chi connectivity index (χ0) is 15.5. The van der Waals surface area contributed by atoms with E-state index in [1.807, 2.05) is 12.1 Å². The van der Waals surface area contributed by atoms with Gasteiger partial charge in [-0.2, -0.15) is 0 Å². The lowest BCUT2D eigenvalue weighted by Crippen LogP contribution is -2.43. The van der Waals surface area contributed by atoms with Crippen LogP contribution in [0.4, 0.5) is 4.79 Å². The summed E-state index contributed by atoms with van der Waals surface area (Å²) in [5, 5.41) is 11.5. The Kier molecular flexibility index (Phi) is 4.50. The largest absolute Gasteiger partial charge is 0.481 e. The molecule has 0 bridgehead atoms. The number of nitrogens with one attached hydrogen (secondary N) is 1. The Labute approximate surface area is 125 Å². The first kappa shape index (κ1) is 15.4. The lowest BCUT2D eigenvalue weighted by molar-refractivity contribution is -0.137. The van der Waals surface area contributed by atoms with Crippen molar-refractivity contribution in [3.63, 3.8) is 0 Å². The van der Waals surface area contributed by atoms with Crippen LogP contribution in [0.15, 0.2) is 24.3 Å². The van der Waals surface area contributed by atoms with E-state index < -0.39 is 5.97 Å². The number of carboxylic acids is 1. The minimum Gasteiger partial charge on any atom is -0.481 e. The predicted molar refractivity (Wildman–Crippen MR) is 80.2 cm³/mol. The lowest BCUT2D eigenvalue weighted by atomic mass is 9.87. The summed E-state index contributed by atoms with van der Waals surface area (Å²) in [6.07, 6.45) is 1.89. The van der Waals surface area contributed by atoms with E-state index >= 15 is 0 Å². The van der Waals surface area contributed by atoms with Gasteiger partial charge in [-0.15, -0.1) is 0 Å². The van der Waals surface area contributed by atoms with Crippen LogP contribution in [-0.4, -0.2) is 42.1 Å². The van der Waals surface area contributed by atoms with Crippen LogP contribution in [0.3, 0.4) is 0 Å². The number of carboxylic acid groups (broad SMARTS) is 1. The van der Waals surface area contributed by atoms with Crippen molar-refractivity contribution in [3.8, 4) is 0 Å². The van der Waals surface area contributed by atoms with Crippen LogP contribution < -0.4 is 5.32 Å². The molecule has 0 heterocycles. The number of aliphatic carboxylic acids is 1. The number of hydrogen-bond acceptors (Lipinski definition) is 2. The second-order valence-electron chi connectivity index (χ2n) is 6.16. The highest BCUT2D eigenvalue weighted by Crippen LogP contribution is 2.35. The minimum atomic E-state index is -0.896. The van der Waals surface area contributed by atoms with Crippen molar-refractivity contribution in [2.24, 2.45) is 5.41 Å². The third-order valence-electron chi connectivity index (χ3n) is 4.03. The highest BCUT2D eigenvalue weighted by molar-refractivity contribution is 5.75. The highest BCUT2D eigenvalue weighted by atomic mass is 16.4. The molecule has 2 amide bonds. The van der Waals surface area contributed by atoms with Crippen LogP contribution in [0.5, 0.6) is 0 Å². The summed E-state index contributed by atoms with van der Waals surface area (Å²) in [4.78, 5) is 23.9. The summed E-state index contributed by atoms with van der Waals surface area (Å²) in [7, 11) is 1.62. The molecule has 0 radical (unpaired) electrons. The zero-order valence-electron chi connectivity index (χ0n) is 12.6. The molecule has 1 aliphatic carbocycles. The first-order chi connectivity index (χ1) is 9.89. The van der Waals surface area contributed by atoms with Crippen LogP contribution >= 0.6 is 0 Å². The predicted octanol–water partition coefficient (Wildman–Crippen LogP) is 1.91. The quantitative estimate of drug-likeness (QED) is 0.870. The van der Waals surface area contributed by atoms with Crippen molar-refractivity contribution in [1.82, 2.24) is 10.2 Å². The molecule has 2 rings (SSSR count). The lowest BCUT2D eigenvalue weighted by Gasteiger charge is -2.26. The third-order valence-corrected chi connectivity index (χ3v) is 4.03. The van der Waals surface area contributed by atoms with E-state index in [1.54, 1.807) is 7.05 Å². The molecule has 5 nitrogen and oxygen atoms in total. The van der Waals surface area contributed by atoms with Crippen molar-refractivity contribution in [1.29, 1.82) is 0 Å². The van der Waals surface area contributed by atoms with Crippen molar-refractivity contribution in [3.05, 3.63) is 35.4 Å². The second-order valence-corrected chi connectivity index (χ2v) is 6.16. The summed E-state index contributed by atoms with van der Waals surface area (Å²) in [5.74, 6) is -0.896. The van der Waals surface area contributed by atoms with E-state index in [0.29, 0.717) is 6.54 Å². The molecular weight excluding hydrogens is 268 g/mol. The Bertz CT molecular complexity index is 517. The van der Waals surface area contributed by atoms with Crippen molar-refractivity contribution < 1.29 is 14.7 Å². The number of nitrogens with zero attached hydrogens (tertiary/aromatic N) is 1. The maximum Gasteiger partial charge on any atom is 0.317 e. The number of fused-ring (bicyclic) bond motifs is 1. The number of amides is 2. The van der Waals surface area contributed by atoms with Gasteiger partial charge in [0.2, 0.25) is 0 Å². The van der Waals surface area contributed by atoms with E-state index in [9.17, 15) is 9.59 Å². The first-order valence-electron chi connectivity index (χ1n) is 7.17. The van der Waals surface area contributed by atoms with Gasteiger partial charge in [0.1, 0.15) is 0 Å². The number of hydrogen-bond donors (Lipinski definition) is 2. The van der Waals surface area contributed by atoms with Gasteiger partial charge in [0.25, 0.3) is 0 Å². The average Bonchev–Trinajstić information content (AvgIpc) is 2.78. The number of carbonyl (C=O) groups is 2. The Morgan fingerprint density at radius 1 is 1.29 bits per heavy atom. The van der Waals surface area contributed by atoms with E-state index in [-0.39, 0.29) is 24.4 Å². The van der Waals surface area contributed by atoms with Crippen molar-refractivity contribution in [2.45, 2.75) is 26.2 Å². The van der Waals surface area contributed by atoms with Gasteiger partial charge in [0.15, 0.2) is 0 Å². The molecule has 0 unspecified atom stereocenters. The summed E-state index contributed by atoms with van der Waals surface area (Å²) >= 11 is 0. The van der Waals surface area contributed by atoms with Crippen LogP contribution in [-0.2, 0) is 17.6 Å². The fraction of sp³-hybridized carbons (Fsp3) is 0.500. The molecular formula is C16H22N2O3. The van der Waals surface area contributed by atoms with Crippen LogP contribution in [0, 0.1) is 5.41 Å². The Morgan fingerprint density at radius 3 is 2.38 bits per heavy atom. The van der Waals surface area contributed by atoms with Gasteiger partial charge in [-0.1, -0.05) is 31.2 Å². The average molecular weight is 290 g/mol. The summed E-state index contributed by atoms with van der Waals surface area (Å²) in [6, 6.07) is 8.16. The number of rotatable bonds is 5. The Morgan fingerprint density at radius 2 is 1.86 bits per heavy atom. The second kappa shape index (κ2) is 6.16. The fourth-order valence-electron chi connectivity index (χ4n) is 2.80. The number of urea groups is 1. The Balaban J connectivity index is 1.83. The molecule has 114 valence electrons. The van der Waals surface area contributed by atoms with Gasteiger partial charge in [0, 0.05) is 20.1 Å². The summed E-state index contributed by atoms with van der Waals surface area (Å²) in [5.41, 5.74) is 2.74. The molecule has 1 aromatic rings. The maximum atomic E-state index is 11.9. The molecule has 1 aliphatic rings. The van der Waals surface area contributed by atoms with Crippen LogP contribution in [0.2, 0.25) is 0 Å². The minimum absolute atomic E-state index is 0.0347. The normalized spacial score (nSPS) is 15.3. The third kappa shape index (κ3) is 3.97. The van der Waals surface area contributed by atoms with Crippen LogP contribution in [0.25, 0.3) is 0 Å². The fourth-order valence-corrected chi connectivity index (χ4v) is 2.80. The number of carbonyl (C=O) groups excluding carboxylic acids is 1. The molecule has 21 heavy (non-hydrogen) atoms. The molecule has 0 fully saturated rings. The molecule has 0 saturated carbocycles. The topological polar surface area (TPSA) is 69.6 Å². The number of benzene rings is 1. The molecule has 0 spiro atoms. The van der Waals surface area contributed by atoms with Gasteiger partial charge in [-0.25, -0.2) is 4.79 Å². The van der Waals surface area contributed by atoms with Gasteiger partial charge in [0.05, 0.1) is 6.42 Å². The maximum absolute atomic E-state index is 11.9. The molecule has 1 aromatic carbocycles. The molecule has 5 heteroatoms. The smallest absolute Gasteiger partial charge is 0.317 e. The monoisotopic (exact) mass is 290 g/mol. The van der Waals surface area contributed by atoms with Gasteiger partial charge >= 0.3 is 12.0 Å². The van der Waals surface area contributed by atoms with Crippen molar-refractivity contribution >= 4 is 12.0 Å². The van der Waals surface area contributed by atoms with Gasteiger partial charge in [-0.05, 0) is 29.4 Å². The van der Waals surface area contributed by atoms with Crippen molar-refractivity contribution in [2.75, 3.05) is 20.1 Å². The molecule has 0 aromatic heterocycles. The van der Waals surface area contributed by atoms with E-state index in [4.69, 9.17) is 5.11 Å². The van der Waals surface area contributed by atoms with Gasteiger partial charge < -0.3 is 15.3 Å². The molecule has 2 N–H and O–H groups in total. The standard InChI is InChI=1S/C16H22N2O3/c1-16(9-12-5-3-4-6-13(12)10-16)11-17-15(21)18(2)8-7-14(19)20/h3-6H,7-11H2,1-2H3,(H,17,21)(H,19,20). The van der Waals surface area contributed by atoms with Gasteiger partial charge in [-0.3, -0.25) is 4.79 Å². The van der Waals surface area contributed by atoms with E-state index in [2.05, 4.69) is 24.4 Å². The Hall–Kier alpha value is -2.04. The zero-order valence-corrected chi connectivity index (χ0v) is 12.6.